The van der Waals surface area contributed by atoms with Crippen LogP contribution in [0.3, 0.4) is 0 Å². The maximum atomic E-state index is 12.7. The fraction of sp³-hybridized carbons (Fsp3) is 0.368. The molecule has 2 aromatic rings. The van der Waals surface area contributed by atoms with Crippen LogP contribution in [-0.2, 0) is 10.0 Å². The summed E-state index contributed by atoms with van der Waals surface area (Å²) in [5, 5.41) is 0. The molecule has 1 unspecified atom stereocenters. The van der Waals surface area contributed by atoms with Gasteiger partial charge in [0.15, 0.2) is 0 Å². The molecule has 0 fully saturated rings. The molecule has 2 rings (SSSR count). The predicted octanol–water partition coefficient (Wildman–Crippen LogP) is 3.07. The van der Waals surface area contributed by atoms with Crippen molar-refractivity contribution in [1.29, 1.82) is 0 Å². The van der Waals surface area contributed by atoms with E-state index in [4.69, 9.17) is 14.2 Å². The highest BCUT2D eigenvalue weighted by Crippen LogP contribution is 2.27. The monoisotopic (exact) mass is 379 g/mol. The molecule has 0 aromatic heterocycles. The number of benzene rings is 2. The largest absolute Gasteiger partial charge is 0.497 e. The van der Waals surface area contributed by atoms with Crippen LogP contribution in [0.15, 0.2) is 41.3 Å². The van der Waals surface area contributed by atoms with E-state index in [1.54, 1.807) is 64.5 Å². The molecule has 0 saturated heterocycles. The number of hydrogen-bond acceptors (Lipinski definition) is 5. The summed E-state index contributed by atoms with van der Waals surface area (Å²) >= 11 is 0. The fourth-order valence-electron chi connectivity index (χ4n) is 2.54. The summed E-state index contributed by atoms with van der Waals surface area (Å²) in [6.07, 6.45) is 0. The first kappa shape index (κ1) is 20.1. The number of nitrogens with one attached hydrogen (secondary N) is 1. The average molecular weight is 379 g/mol. The van der Waals surface area contributed by atoms with Crippen LogP contribution in [0.1, 0.15) is 18.1 Å². The van der Waals surface area contributed by atoms with Crippen molar-refractivity contribution in [3.63, 3.8) is 0 Å². The van der Waals surface area contributed by atoms with E-state index < -0.39 is 16.1 Å². The average Bonchev–Trinajstić information content (AvgIpc) is 2.62. The Hall–Kier alpha value is -2.25. The molecule has 142 valence electrons. The predicted molar refractivity (Wildman–Crippen MR) is 101 cm³/mol. The van der Waals surface area contributed by atoms with Crippen molar-refractivity contribution in [3.8, 4) is 17.2 Å². The van der Waals surface area contributed by atoms with Crippen LogP contribution in [0.25, 0.3) is 0 Å². The number of hydrogen-bond donors (Lipinski definition) is 1. The van der Waals surface area contributed by atoms with Gasteiger partial charge in [-0.3, -0.25) is 0 Å². The lowest BCUT2D eigenvalue weighted by Gasteiger charge is -2.18. The van der Waals surface area contributed by atoms with Gasteiger partial charge in [0.1, 0.15) is 23.9 Å². The Bertz CT molecular complexity index is 847. The molecule has 2 aromatic carbocycles. The second kappa shape index (κ2) is 8.42. The minimum Gasteiger partial charge on any atom is -0.497 e. The van der Waals surface area contributed by atoms with E-state index in [9.17, 15) is 8.42 Å². The molecular formula is C19H25NO5S. The molecule has 0 spiro atoms. The zero-order valence-corrected chi connectivity index (χ0v) is 16.5. The SMILES string of the molecule is COc1ccc(OCC(C)NS(=O)(=O)c2ccc(OC)c(C)c2C)cc1. The smallest absolute Gasteiger partial charge is 0.241 e. The molecule has 26 heavy (non-hydrogen) atoms. The van der Waals surface area contributed by atoms with E-state index >= 15 is 0 Å². The first-order valence-corrected chi connectivity index (χ1v) is 9.70. The lowest BCUT2D eigenvalue weighted by molar-refractivity contribution is 0.287. The molecule has 0 bridgehead atoms. The van der Waals surface area contributed by atoms with Crippen molar-refractivity contribution in [2.24, 2.45) is 0 Å². The van der Waals surface area contributed by atoms with E-state index in [1.165, 1.54) is 0 Å². The number of ether oxygens (including phenoxy) is 3. The van der Waals surface area contributed by atoms with Crippen molar-refractivity contribution in [2.45, 2.75) is 31.7 Å². The van der Waals surface area contributed by atoms with E-state index in [-0.39, 0.29) is 11.5 Å². The van der Waals surface area contributed by atoms with E-state index in [1.807, 2.05) is 6.92 Å². The fourth-order valence-corrected chi connectivity index (χ4v) is 4.07. The minimum absolute atomic E-state index is 0.208. The quantitative estimate of drug-likeness (QED) is 0.763. The minimum atomic E-state index is -3.66. The molecule has 7 heteroatoms. The van der Waals surface area contributed by atoms with Gasteiger partial charge in [0.05, 0.1) is 25.2 Å². The highest BCUT2D eigenvalue weighted by molar-refractivity contribution is 7.89. The van der Waals surface area contributed by atoms with Gasteiger partial charge in [0.2, 0.25) is 10.0 Å². The van der Waals surface area contributed by atoms with Gasteiger partial charge in [-0.15, -0.1) is 0 Å². The number of rotatable bonds is 8. The Kier molecular flexibility index (Phi) is 6.50. The van der Waals surface area contributed by atoms with Crippen molar-refractivity contribution in [2.75, 3.05) is 20.8 Å². The molecular weight excluding hydrogens is 354 g/mol. The molecule has 0 amide bonds. The summed E-state index contributed by atoms with van der Waals surface area (Å²) < 4.78 is 44.0. The van der Waals surface area contributed by atoms with Gasteiger partial charge in [-0.1, -0.05) is 0 Å². The maximum absolute atomic E-state index is 12.7. The van der Waals surface area contributed by atoms with Gasteiger partial charge in [0.25, 0.3) is 0 Å². The first-order chi connectivity index (χ1) is 12.3. The molecule has 1 N–H and O–H groups in total. The molecule has 0 saturated carbocycles. The van der Waals surface area contributed by atoms with E-state index in [2.05, 4.69) is 4.72 Å². The van der Waals surface area contributed by atoms with Gasteiger partial charge in [-0.25, -0.2) is 13.1 Å². The number of methoxy groups -OCH3 is 2. The van der Waals surface area contributed by atoms with Gasteiger partial charge in [-0.2, -0.15) is 0 Å². The Balaban J connectivity index is 2.05. The molecule has 0 aliphatic heterocycles. The summed E-state index contributed by atoms with van der Waals surface area (Å²) in [7, 11) is -0.503. The van der Waals surface area contributed by atoms with Crippen molar-refractivity contribution in [1.82, 2.24) is 4.72 Å². The highest BCUT2D eigenvalue weighted by atomic mass is 32.2. The van der Waals surface area contributed by atoms with Crippen LogP contribution in [0, 0.1) is 13.8 Å². The lowest BCUT2D eigenvalue weighted by Crippen LogP contribution is -2.37. The maximum Gasteiger partial charge on any atom is 0.241 e. The third-order valence-electron chi connectivity index (χ3n) is 4.11. The second-order valence-corrected chi connectivity index (χ2v) is 7.71. The Morgan fingerprint density at radius 1 is 0.923 bits per heavy atom. The summed E-state index contributed by atoms with van der Waals surface area (Å²) in [6, 6.07) is 9.94. The van der Waals surface area contributed by atoms with E-state index in [0.29, 0.717) is 17.1 Å². The van der Waals surface area contributed by atoms with Gasteiger partial charge in [-0.05, 0) is 68.3 Å². The summed E-state index contributed by atoms with van der Waals surface area (Å²) in [5.74, 6) is 2.04. The Morgan fingerprint density at radius 2 is 1.54 bits per heavy atom. The molecule has 0 heterocycles. The zero-order chi connectivity index (χ0) is 19.3. The van der Waals surface area contributed by atoms with Crippen molar-refractivity contribution >= 4 is 10.0 Å². The van der Waals surface area contributed by atoms with Crippen LogP contribution >= 0.6 is 0 Å². The molecule has 1 atom stereocenters. The van der Waals surface area contributed by atoms with Crippen LogP contribution in [0.5, 0.6) is 17.2 Å². The van der Waals surface area contributed by atoms with Crippen molar-refractivity contribution in [3.05, 3.63) is 47.5 Å². The molecule has 0 radical (unpaired) electrons. The van der Waals surface area contributed by atoms with Crippen molar-refractivity contribution < 1.29 is 22.6 Å². The second-order valence-electron chi connectivity index (χ2n) is 6.02. The topological polar surface area (TPSA) is 73.9 Å². The highest BCUT2D eigenvalue weighted by Gasteiger charge is 2.22. The Labute approximate surface area is 155 Å². The summed E-state index contributed by atoms with van der Waals surface area (Å²) in [5.41, 5.74) is 1.47. The van der Waals surface area contributed by atoms with Gasteiger partial charge >= 0.3 is 0 Å². The first-order valence-electron chi connectivity index (χ1n) is 8.22. The van der Waals surface area contributed by atoms with Crippen LogP contribution < -0.4 is 18.9 Å². The molecule has 0 aliphatic rings. The standard InChI is InChI=1S/C19H25NO5S/c1-13(12-25-17-8-6-16(23-4)7-9-17)20-26(21,22)19-11-10-18(24-5)14(2)15(19)3/h6-11,13,20H,12H2,1-5H3. The van der Waals surface area contributed by atoms with Gasteiger partial charge in [0, 0.05) is 0 Å². The number of sulfonamides is 1. The Morgan fingerprint density at radius 3 is 2.12 bits per heavy atom. The third kappa shape index (κ3) is 4.68. The molecule has 6 nitrogen and oxygen atoms in total. The summed E-state index contributed by atoms with van der Waals surface area (Å²) in [4.78, 5) is 0.243. The van der Waals surface area contributed by atoms with E-state index in [0.717, 1.165) is 11.3 Å². The van der Waals surface area contributed by atoms with Crippen LogP contribution in [-0.4, -0.2) is 35.3 Å². The third-order valence-corrected chi connectivity index (χ3v) is 5.85. The molecule has 0 aliphatic carbocycles. The lowest BCUT2D eigenvalue weighted by atomic mass is 10.1. The summed E-state index contributed by atoms with van der Waals surface area (Å²) in [6.45, 7) is 5.57. The normalized spacial score (nSPS) is 12.5. The van der Waals surface area contributed by atoms with Crippen LogP contribution in [0.2, 0.25) is 0 Å². The van der Waals surface area contributed by atoms with Gasteiger partial charge < -0.3 is 14.2 Å². The van der Waals surface area contributed by atoms with Crippen LogP contribution in [0.4, 0.5) is 0 Å². The zero-order valence-electron chi connectivity index (χ0n) is 15.7.